The number of nitrogens with one attached hydrogen (secondary N) is 2. The lowest BCUT2D eigenvalue weighted by Crippen LogP contribution is -2.26. The van der Waals surface area contributed by atoms with E-state index in [0.717, 1.165) is 24.3 Å². The molecule has 0 unspecified atom stereocenters. The quantitative estimate of drug-likeness (QED) is 0.799. The predicted molar refractivity (Wildman–Crippen MR) is 75.3 cm³/mol. The highest BCUT2D eigenvalue weighted by molar-refractivity contribution is 5.94. The van der Waals surface area contributed by atoms with Crippen molar-refractivity contribution in [3.63, 3.8) is 0 Å². The first-order valence-electron chi connectivity index (χ1n) is 6.47. The zero-order valence-electron chi connectivity index (χ0n) is 11.3. The van der Waals surface area contributed by atoms with E-state index in [0.29, 0.717) is 13.1 Å². The van der Waals surface area contributed by atoms with Crippen molar-refractivity contribution in [1.29, 1.82) is 0 Å². The van der Waals surface area contributed by atoms with Gasteiger partial charge in [-0.3, -0.25) is 9.59 Å². The van der Waals surface area contributed by atoms with E-state index in [2.05, 4.69) is 16.7 Å². The molecule has 2 amide bonds. The van der Waals surface area contributed by atoms with Crippen molar-refractivity contribution in [2.24, 2.45) is 0 Å². The van der Waals surface area contributed by atoms with Crippen molar-refractivity contribution in [2.45, 2.75) is 20.3 Å². The van der Waals surface area contributed by atoms with Crippen molar-refractivity contribution < 1.29 is 9.59 Å². The molecule has 102 valence electrons. The number of carbonyl (C=O) groups excluding carboxylic acids is 2. The van der Waals surface area contributed by atoms with E-state index in [-0.39, 0.29) is 11.8 Å². The predicted octanol–water partition coefficient (Wildman–Crippen LogP) is 1.14. The number of carbonyl (C=O) groups is 2. The molecule has 0 aliphatic carbocycles. The van der Waals surface area contributed by atoms with Gasteiger partial charge in [-0.05, 0) is 30.2 Å². The number of fused-ring (bicyclic) bond motifs is 1. The second-order valence-electron chi connectivity index (χ2n) is 4.67. The zero-order valence-corrected chi connectivity index (χ0v) is 11.3. The van der Waals surface area contributed by atoms with Gasteiger partial charge in [-0.25, -0.2) is 0 Å². The molecule has 5 heteroatoms. The van der Waals surface area contributed by atoms with E-state index < -0.39 is 0 Å². The highest BCUT2D eigenvalue weighted by Gasteiger charge is 2.21. The molecule has 1 aliphatic heterocycles. The minimum Gasteiger partial charge on any atom is -0.383 e. The summed E-state index contributed by atoms with van der Waals surface area (Å²) < 4.78 is 0. The van der Waals surface area contributed by atoms with Crippen LogP contribution in [0.25, 0.3) is 0 Å². The molecule has 19 heavy (non-hydrogen) atoms. The molecule has 0 bridgehead atoms. The van der Waals surface area contributed by atoms with Gasteiger partial charge < -0.3 is 15.5 Å². The van der Waals surface area contributed by atoms with Crippen molar-refractivity contribution >= 4 is 23.2 Å². The highest BCUT2D eigenvalue weighted by atomic mass is 16.2. The number of nitrogens with zero attached hydrogens (tertiary/aromatic N) is 1. The third kappa shape index (κ3) is 3.24. The first-order valence-corrected chi connectivity index (χ1v) is 6.47. The number of anilines is 2. The van der Waals surface area contributed by atoms with Crippen molar-refractivity contribution in [3.05, 3.63) is 23.8 Å². The highest BCUT2D eigenvalue weighted by Crippen LogP contribution is 2.30. The average molecular weight is 261 g/mol. The number of benzene rings is 1. The maximum atomic E-state index is 11.4. The lowest BCUT2D eigenvalue weighted by atomic mass is 10.1. The van der Waals surface area contributed by atoms with Gasteiger partial charge >= 0.3 is 0 Å². The monoisotopic (exact) mass is 261 g/mol. The van der Waals surface area contributed by atoms with E-state index in [4.69, 9.17) is 0 Å². The van der Waals surface area contributed by atoms with Gasteiger partial charge in [0.2, 0.25) is 11.8 Å². The van der Waals surface area contributed by atoms with Gasteiger partial charge in [0.25, 0.3) is 0 Å². The summed E-state index contributed by atoms with van der Waals surface area (Å²) in [6.45, 7) is 5.15. The Labute approximate surface area is 113 Å². The Bertz CT molecular complexity index is 499. The van der Waals surface area contributed by atoms with Crippen LogP contribution in [0.15, 0.2) is 18.2 Å². The average Bonchev–Trinajstić information content (AvgIpc) is 2.77. The second-order valence-corrected chi connectivity index (χ2v) is 4.67. The molecular weight excluding hydrogens is 242 g/mol. The number of amides is 2. The van der Waals surface area contributed by atoms with Gasteiger partial charge in [0.1, 0.15) is 0 Å². The van der Waals surface area contributed by atoms with E-state index in [1.54, 1.807) is 11.8 Å². The number of hydrogen-bond donors (Lipinski definition) is 2. The summed E-state index contributed by atoms with van der Waals surface area (Å²) in [4.78, 5) is 24.0. The Kier molecular flexibility index (Phi) is 4.04. The van der Waals surface area contributed by atoms with Crippen molar-refractivity contribution in [3.8, 4) is 0 Å². The fourth-order valence-corrected chi connectivity index (χ4v) is 2.28. The number of rotatable bonds is 4. The van der Waals surface area contributed by atoms with Gasteiger partial charge in [0.15, 0.2) is 0 Å². The van der Waals surface area contributed by atoms with Gasteiger partial charge in [-0.15, -0.1) is 0 Å². The van der Waals surface area contributed by atoms with Crippen LogP contribution in [0.1, 0.15) is 19.4 Å². The molecule has 1 aliphatic rings. The van der Waals surface area contributed by atoms with Crippen LogP contribution in [0, 0.1) is 0 Å². The van der Waals surface area contributed by atoms with E-state index in [1.807, 2.05) is 12.1 Å². The first kappa shape index (κ1) is 13.4. The largest absolute Gasteiger partial charge is 0.383 e. The normalized spacial score (nSPS) is 13.1. The Balaban J connectivity index is 1.95. The Hall–Kier alpha value is -2.04. The molecule has 0 atom stereocenters. The van der Waals surface area contributed by atoms with Crippen LogP contribution in [-0.4, -0.2) is 31.4 Å². The fourth-order valence-electron chi connectivity index (χ4n) is 2.28. The summed E-state index contributed by atoms with van der Waals surface area (Å²) in [5.41, 5.74) is 3.23. The molecule has 2 rings (SSSR count). The molecule has 1 heterocycles. The maximum Gasteiger partial charge on any atom is 0.223 e. The smallest absolute Gasteiger partial charge is 0.223 e. The van der Waals surface area contributed by atoms with E-state index in [1.165, 1.54) is 12.5 Å². The molecule has 0 fully saturated rings. The molecule has 1 aromatic rings. The Morgan fingerprint density at radius 2 is 2.05 bits per heavy atom. The third-order valence-corrected chi connectivity index (χ3v) is 3.18. The summed E-state index contributed by atoms with van der Waals surface area (Å²) in [6.07, 6.45) is 0.899. The summed E-state index contributed by atoms with van der Waals surface area (Å²) in [6, 6.07) is 6.02. The lowest BCUT2D eigenvalue weighted by Gasteiger charge is -2.15. The zero-order chi connectivity index (χ0) is 13.8. The van der Waals surface area contributed by atoms with Crippen LogP contribution in [0.4, 0.5) is 11.4 Å². The molecule has 0 aromatic heterocycles. The third-order valence-electron chi connectivity index (χ3n) is 3.18. The molecule has 0 radical (unpaired) electrons. The Morgan fingerprint density at radius 3 is 2.74 bits per heavy atom. The standard InChI is InChI=1S/C14H19N3O2/c1-10(18)15-6-7-16-13-3-4-14-12(9-13)5-8-17(14)11(2)19/h3-4,9,16H,5-8H2,1-2H3,(H,15,18). The van der Waals surface area contributed by atoms with Gasteiger partial charge in [-0.1, -0.05) is 0 Å². The van der Waals surface area contributed by atoms with E-state index in [9.17, 15) is 9.59 Å². The topological polar surface area (TPSA) is 61.4 Å². The minimum absolute atomic E-state index is 0.0205. The number of hydrogen-bond acceptors (Lipinski definition) is 3. The van der Waals surface area contributed by atoms with Crippen molar-refractivity contribution in [2.75, 3.05) is 29.9 Å². The minimum atomic E-state index is -0.0205. The summed E-state index contributed by atoms with van der Waals surface area (Å²) in [5.74, 6) is 0.0676. The maximum absolute atomic E-state index is 11.4. The van der Waals surface area contributed by atoms with Crippen molar-refractivity contribution in [1.82, 2.24) is 5.32 Å². The molecular formula is C14H19N3O2. The molecule has 1 aromatic carbocycles. The fraction of sp³-hybridized carbons (Fsp3) is 0.429. The summed E-state index contributed by atoms with van der Waals surface area (Å²) in [5, 5.41) is 5.99. The summed E-state index contributed by atoms with van der Waals surface area (Å²) in [7, 11) is 0. The van der Waals surface area contributed by atoms with Gasteiger partial charge in [0, 0.05) is 44.9 Å². The molecule has 0 saturated heterocycles. The van der Waals surface area contributed by atoms with Crippen LogP contribution >= 0.6 is 0 Å². The van der Waals surface area contributed by atoms with Crippen LogP contribution in [-0.2, 0) is 16.0 Å². The Morgan fingerprint density at radius 1 is 1.26 bits per heavy atom. The molecule has 2 N–H and O–H groups in total. The van der Waals surface area contributed by atoms with Crippen LogP contribution in [0.2, 0.25) is 0 Å². The van der Waals surface area contributed by atoms with Gasteiger partial charge in [0.05, 0.1) is 0 Å². The van der Waals surface area contributed by atoms with Crippen LogP contribution < -0.4 is 15.5 Å². The van der Waals surface area contributed by atoms with Gasteiger partial charge in [-0.2, -0.15) is 0 Å². The van der Waals surface area contributed by atoms with Crippen LogP contribution in [0.5, 0.6) is 0 Å². The lowest BCUT2D eigenvalue weighted by molar-refractivity contribution is -0.119. The first-order chi connectivity index (χ1) is 9.08. The van der Waals surface area contributed by atoms with Crippen LogP contribution in [0.3, 0.4) is 0 Å². The molecule has 5 nitrogen and oxygen atoms in total. The SMILES string of the molecule is CC(=O)NCCNc1ccc2c(c1)CCN2C(C)=O. The summed E-state index contributed by atoms with van der Waals surface area (Å²) >= 11 is 0. The van der Waals surface area contributed by atoms with E-state index >= 15 is 0 Å². The molecule has 0 saturated carbocycles. The second kappa shape index (κ2) is 5.73. The molecule has 0 spiro atoms.